The van der Waals surface area contributed by atoms with Crippen molar-refractivity contribution in [2.24, 2.45) is 0 Å². The van der Waals surface area contributed by atoms with Crippen LogP contribution in [-0.2, 0) is 33.7 Å². The van der Waals surface area contributed by atoms with Gasteiger partial charge in [-0.15, -0.1) is 5.10 Å². The number of rotatable bonds is 10. The molecular formula is C32H40FN3O3Si. The first kappa shape index (κ1) is 29.6. The summed E-state index contributed by atoms with van der Waals surface area (Å²) in [5, 5.41) is 8.27. The Labute approximate surface area is 237 Å². The minimum Gasteiger partial charge on any atom is -0.461 e. The Balaban J connectivity index is 1.68. The molecule has 0 spiro atoms. The first-order chi connectivity index (χ1) is 18.9. The summed E-state index contributed by atoms with van der Waals surface area (Å²) in [6.45, 7) is 16.3. The average molecular weight is 562 g/mol. The Bertz CT molecular complexity index is 1480. The first-order valence-electron chi connectivity index (χ1n) is 13.9. The number of aromatic nitrogens is 3. The van der Waals surface area contributed by atoms with E-state index in [4.69, 9.17) is 9.16 Å². The van der Waals surface area contributed by atoms with Gasteiger partial charge in [0.15, 0.2) is 14.1 Å². The van der Waals surface area contributed by atoms with Crippen LogP contribution in [0.5, 0.6) is 0 Å². The number of carbonyl (C=O) groups excluding carboxylic acids is 1. The molecule has 4 rings (SSSR count). The topological polar surface area (TPSA) is 66.2 Å². The van der Waals surface area contributed by atoms with E-state index in [9.17, 15) is 4.79 Å². The third-order valence-electron chi connectivity index (χ3n) is 8.11. The van der Waals surface area contributed by atoms with Crippen LogP contribution < -0.4 is 0 Å². The maximum atomic E-state index is 16.0. The Kier molecular flexibility index (Phi) is 8.90. The maximum Gasteiger partial charge on any atom is 0.307 e. The average Bonchev–Trinajstić information content (AvgIpc) is 3.35. The monoisotopic (exact) mass is 561 g/mol. The minimum atomic E-state index is -1.98. The summed E-state index contributed by atoms with van der Waals surface area (Å²) < 4.78 is 29.8. The fraction of sp³-hybridized carbons (Fsp3) is 0.406. The van der Waals surface area contributed by atoms with Crippen LogP contribution in [0.15, 0.2) is 60.7 Å². The van der Waals surface area contributed by atoms with Crippen molar-refractivity contribution in [3.05, 3.63) is 94.3 Å². The third-order valence-corrected chi connectivity index (χ3v) is 12.6. The number of halogens is 1. The second kappa shape index (κ2) is 12.0. The standard InChI is InChI=1S/C32H40FN3O3Si/c1-8-36-28-17-16-26(30(33)31(28)34-35-36)27(19-29(37)38-20-23-12-10-9-11-13-23)24-15-14-22(2)25(18-24)21-39-40(6,7)32(3,4)5/h9-18,27H,8,19-21H2,1-7H3. The van der Waals surface area contributed by atoms with E-state index >= 15 is 4.39 Å². The molecular weight excluding hydrogens is 521 g/mol. The molecule has 0 amide bonds. The van der Waals surface area contributed by atoms with Crippen molar-refractivity contribution in [3.8, 4) is 0 Å². The molecule has 0 aliphatic heterocycles. The summed E-state index contributed by atoms with van der Waals surface area (Å²) in [4.78, 5) is 13.1. The lowest BCUT2D eigenvalue weighted by atomic mass is 9.86. The Hall–Kier alpha value is -3.36. The molecule has 8 heteroatoms. The summed E-state index contributed by atoms with van der Waals surface area (Å²) in [7, 11) is -1.98. The van der Waals surface area contributed by atoms with Crippen LogP contribution in [-0.4, -0.2) is 29.3 Å². The molecule has 1 atom stereocenters. The number of esters is 1. The Morgan fingerprint density at radius 1 is 1.05 bits per heavy atom. The van der Waals surface area contributed by atoms with E-state index in [-0.39, 0.29) is 23.6 Å². The summed E-state index contributed by atoms with van der Waals surface area (Å²) in [6.07, 6.45) is -0.0111. The van der Waals surface area contributed by atoms with Crippen LogP contribution >= 0.6 is 0 Å². The van der Waals surface area contributed by atoms with Gasteiger partial charge in [0.25, 0.3) is 0 Å². The van der Waals surface area contributed by atoms with Crippen LogP contribution in [0.25, 0.3) is 11.0 Å². The number of hydrogen-bond donors (Lipinski definition) is 0. The van der Waals surface area contributed by atoms with Crippen molar-refractivity contribution in [1.29, 1.82) is 0 Å². The molecule has 1 heterocycles. The van der Waals surface area contributed by atoms with Crippen molar-refractivity contribution < 1.29 is 18.3 Å². The largest absolute Gasteiger partial charge is 0.461 e. The molecule has 1 aromatic heterocycles. The zero-order chi connectivity index (χ0) is 29.1. The summed E-state index contributed by atoms with van der Waals surface area (Å²) in [6, 6.07) is 19.1. The van der Waals surface area contributed by atoms with E-state index in [1.165, 1.54) is 0 Å². The van der Waals surface area contributed by atoms with Gasteiger partial charge in [0, 0.05) is 12.5 Å². The van der Waals surface area contributed by atoms with Gasteiger partial charge < -0.3 is 9.16 Å². The quantitative estimate of drug-likeness (QED) is 0.147. The number of benzene rings is 3. The molecule has 0 aliphatic rings. The maximum absolute atomic E-state index is 16.0. The van der Waals surface area contributed by atoms with Crippen molar-refractivity contribution in [2.45, 2.75) is 84.8 Å². The molecule has 4 aromatic rings. The van der Waals surface area contributed by atoms with Crippen LogP contribution in [0.3, 0.4) is 0 Å². The number of carbonyl (C=O) groups is 1. The molecule has 0 bridgehead atoms. The molecule has 3 aromatic carbocycles. The highest BCUT2D eigenvalue weighted by molar-refractivity contribution is 6.74. The van der Waals surface area contributed by atoms with E-state index in [0.29, 0.717) is 24.2 Å². The normalized spacial score (nSPS) is 13.0. The number of fused-ring (bicyclic) bond motifs is 1. The second-order valence-corrected chi connectivity index (χ2v) is 16.7. The summed E-state index contributed by atoms with van der Waals surface area (Å²) in [5.41, 5.74) is 5.08. The number of ether oxygens (including phenoxy) is 1. The smallest absolute Gasteiger partial charge is 0.307 e. The zero-order valence-electron chi connectivity index (χ0n) is 24.6. The molecule has 0 fully saturated rings. The molecule has 0 radical (unpaired) electrons. The van der Waals surface area contributed by atoms with Crippen LogP contribution in [0, 0.1) is 12.7 Å². The van der Waals surface area contributed by atoms with Gasteiger partial charge in [-0.05, 0) is 65.9 Å². The molecule has 0 saturated heterocycles. The summed E-state index contributed by atoms with van der Waals surface area (Å²) in [5.74, 6) is -1.42. The van der Waals surface area contributed by atoms with Gasteiger partial charge in [0.05, 0.1) is 18.5 Å². The molecule has 1 unspecified atom stereocenters. The highest BCUT2D eigenvalue weighted by atomic mass is 28.4. The number of aryl methyl sites for hydroxylation is 2. The lowest BCUT2D eigenvalue weighted by Gasteiger charge is -2.36. The zero-order valence-corrected chi connectivity index (χ0v) is 25.6. The van der Waals surface area contributed by atoms with Gasteiger partial charge in [-0.2, -0.15) is 0 Å². The van der Waals surface area contributed by atoms with Crippen LogP contribution in [0.2, 0.25) is 18.1 Å². The number of nitrogens with zero attached hydrogens (tertiary/aromatic N) is 3. The van der Waals surface area contributed by atoms with Crippen molar-refractivity contribution in [2.75, 3.05) is 0 Å². The molecule has 212 valence electrons. The fourth-order valence-electron chi connectivity index (χ4n) is 4.43. The van der Waals surface area contributed by atoms with Crippen molar-refractivity contribution in [1.82, 2.24) is 15.0 Å². The van der Waals surface area contributed by atoms with E-state index in [0.717, 1.165) is 22.3 Å². The van der Waals surface area contributed by atoms with Gasteiger partial charge in [-0.3, -0.25) is 4.79 Å². The van der Waals surface area contributed by atoms with E-state index in [1.54, 1.807) is 10.7 Å². The van der Waals surface area contributed by atoms with Crippen LogP contribution in [0.1, 0.15) is 67.9 Å². The minimum absolute atomic E-state index is 0.0111. The Morgan fingerprint density at radius 2 is 1.77 bits per heavy atom. The highest BCUT2D eigenvalue weighted by Gasteiger charge is 2.37. The van der Waals surface area contributed by atoms with Gasteiger partial charge in [-0.25, -0.2) is 9.07 Å². The van der Waals surface area contributed by atoms with Crippen molar-refractivity contribution >= 4 is 25.3 Å². The highest BCUT2D eigenvalue weighted by Crippen LogP contribution is 2.38. The molecule has 0 saturated carbocycles. The SMILES string of the molecule is CCn1nnc2c(F)c(C(CC(=O)OCc3ccccc3)c3ccc(C)c(CO[Si](C)(C)C(C)(C)C)c3)ccc21. The molecule has 0 aliphatic carbocycles. The van der Waals surface area contributed by atoms with E-state index < -0.39 is 26.0 Å². The molecule has 0 N–H and O–H groups in total. The number of hydrogen-bond acceptors (Lipinski definition) is 5. The van der Waals surface area contributed by atoms with Gasteiger partial charge in [0.2, 0.25) is 0 Å². The Morgan fingerprint density at radius 3 is 2.45 bits per heavy atom. The first-order valence-corrected chi connectivity index (χ1v) is 16.8. The predicted molar refractivity (Wildman–Crippen MR) is 159 cm³/mol. The molecule has 40 heavy (non-hydrogen) atoms. The fourth-order valence-corrected chi connectivity index (χ4v) is 5.38. The molecule has 6 nitrogen and oxygen atoms in total. The van der Waals surface area contributed by atoms with E-state index in [2.05, 4.69) is 44.2 Å². The lowest BCUT2D eigenvalue weighted by molar-refractivity contribution is -0.145. The van der Waals surface area contributed by atoms with Gasteiger partial charge in [0.1, 0.15) is 12.1 Å². The van der Waals surface area contributed by atoms with Crippen LogP contribution in [0.4, 0.5) is 4.39 Å². The predicted octanol–water partition coefficient (Wildman–Crippen LogP) is 7.69. The van der Waals surface area contributed by atoms with Crippen molar-refractivity contribution in [3.63, 3.8) is 0 Å². The summed E-state index contributed by atoms with van der Waals surface area (Å²) >= 11 is 0. The second-order valence-electron chi connectivity index (χ2n) is 11.9. The van der Waals surface area contributed by atoms with E-state index in [1.807, 2.05) is 68.4 Å². The van der Waals surface area contributed by atoms with Gasteiger partial charge in [-0.1, -0.05) is 80.6 Å². The van der Waals surface area contributed by atoms with Gasteiger partial charge >= 0.3 is 5.97 Å². The third kappa shape index (κ3) is 6.50. The lowest BCUT2D eigenvalue weighted by Crippen LogP contribution is -2.40.